The van der Waals surface area contributed by atoms with Crippen molar-refractivity contribution >= 4 is 17.5 Å². The summed E-state index contributed by atoms with van der Waals surface area (Å²) < 4.78 is 0. The van der Waals surface area contributed by atoms with E-state index in [0.717, 1.165) is 12.1 Å². The van der Waals surface area contributed by atoms with Crippen LogP contribution in [0.25, 0.3) is 0 Å². The molecule has 2 aliphatic rings. The predicted molar refractivity (Wildman–Crippen MR) is 72.6 cm³/mol. The Labute approximate surface area is 112 Å². The molecule has 1 aromatic rings. The molecule has 0 atom stereocenters. The van der Waals surface area contributed by atoms with Crippen LogP contribution in [0.2, 0.25) is 0 Å². The molecule has 2 amide bonds. The number of rotatable bonds is 4. The Morgan fingerprint density at radius 3 is 2.58 bits per heavy atom. The van der Waals surface area contributed by atoms with Crippen LogP contribution in [0.4, 0.5) is 5.69 Å². The minimum atomic E-state index is -0.0800. The molecule has 3 rings (SSSR count). The van der Waals surface area contributed by atoms with Crippen LogP contribution in [0.1, 0.15) is 37.7 Å². The summed E-state index contributed by atoms with van der Waals surface area (Å²) in [4.78, 5) is 25.1. The van der Waals surface area contributed by atoms with Crippen LogP contribution in [0.3, 0.4) is 0 Å². The van der Waals surface area contributed by atoms with Gasteiger partial charge in [0.05, 0.1) is 5.69 Å². The lowest BCUT2D eigenvalue weighted by molar-refractivity contribution is -0.129. The summed E-state index contributed by atoms with van der Waals surface area (Å²) in [6.07, 6.45) is 4.12. The maximum atomic E-state index is 11.9. The molecule has 0 radical (unpaired) electrons. The third kappa shape index (κ3) is 2.84. The van der Waals surface area contributed by atoms with Gasteiger partial charge in [-0.15, -0.1) is 0 Å². The molecule has 100 valence electrons. The highest BCUT2D eigenvalue weighted by Gasteiger charge is 2.27. The molecule has 0 spiro atoms. The van der Waals surface area contributed by atoms with Crippen LogP contribution in [-0.4, -0.2) is 17.9 Å². The van der Waals surface area contributed by atoms with E-state index >= 15 is 0 Å². The van der Waals surface area contributed by atoms with Gasteiger partial charge in [0.2, 0.25) is 11.8 Å². The number of imide groups is 1. The molecule has 1 saturated carbocycles. The fourth-order valence-corrected chi connectivity index (χ4v) is 2.40. The van der Waals surface area contributed by atoms with Crippen molar-refractivity contribution in [2.75, 3.05) is 4.90 Å². The second-order valence-corrected chi connectivity index (χ2v) is 5.30. The van der Waals surface area contributed by atoms with E-state index in [1.807, 2.05) is 24.3 Å². The molecule has 1 N–H and O–H groups in total. The summed E-state index contributed by atoms with van der Waals surface area (Å²) in [5.41, 5.74) is 1.83. The van der Waals surface area contributed by atoms with E-state index in [9.17, 15) is 9.59 Å². The molecule has 2 fully saturated rings. The molecular weight excluding hydrogens is 240 g/mol. The SMILES string of the molecule is O=C1CCCC(=O)N1c1cccc(CNC2CC2)c1. The van der Waals surface area contributed by atoms with E-state index in [0.29, 0.717) is 31.0 Å². The predicted octanol–water partition coefficient (Wildman–Crippen LogP) is 1.98. The van der Waals surface area contributed by atoms with Crippen LogP contribution in [0.5, 0.6) is 0 Å². The van der Waals surface area contributed by atoms with Crippen LogP contribution < -0.4 is 10.2 Å². The fraction of sp³-hybridized carbons (Fsp3) is 0.467. The Hall–Kier alpha value is -1.68. The number of nitrogens with one attached hydrogen (secondary N) is 1. The van der Waals surface area contributed by atoms with E-state index in [2.05, 4.69) is 5.32 Å². The first-order valence-corrected chi connectivity index (χ1v) is 6.92. The van der Waals surface area contributed by atoms with Crippen molar-refractivity contribution in [3.63, 3.8) is 0 Å². The van der Waals surface area contributed by atoms with Crippen molar-refractivity contribution in [1.82, 2.24) is 5.32 Å². The number of nitrogens with zero attached hydrogens (tertiary/aromatic N) is 1. The second-order valence-electron chi connectivity index (χ2n) is 5.30. The number of benzene rings is 1. The van der Waals surface area contributed by atoms with Crippen LogP contribution in [0.15, 0.2) is 24.3 Å². The maximum Gasteiger partial charge on any atom is 0.233 e. The van der Waals surface area contributed by atoms with Crippen molar-refractivity contribution in [3.05, 3.63) is 29.8 Å². The topological polar surface area (TPSA) is 49.4 Å². The highest BCUT2D eigenvalue weighted by molar-refractivity contribution is 6.16. The normalized spacial score (nSPS) is 19.9. The maximum absolute atomic E-state index is 11.9. The van der Waals surface area contributed by atoms with E-state index in [1.165, 1.54) is 17.7 Å². The van der Waals surface area contributed by atoms with Gasteiger partial charge in [0.1, 0.15) is 0 Å². The zero-order valence-electron chi connectivity index (χ0n) is 10.9. The van der Waals surface area contributed by atoms with Gasteiger partial charge in [-0.2, -0.15) is 0 Å². The van der Waals surface area contributed by atoms with Crippen molar-refractivity contribution in [2.45, 2.75) is 44.7 Å². The van der Waals surface area contributed by atoms with Gasteiger partial charge in [-0.05, 0) is 37.0 Å². The number of hydrogen-bond donors (Lipinski definition) is 1. The standard InChI is InChI=1S/C15H18N2O2/c18-14-5-2-6-15(19)17(14)13-4-1-3-11(9-13)10-16-12-7-8-12/h1,3-4,9,12,16H,2,5-8,10H2. The molecule has 0 bridgehead atoms. The zero-order valence-corrected chi connectivity index (χ0v) is 10.9. The minimum Gasteiger partial charge on any atom is -0.310 e. The minimum absolute atomic E-state index is 0.0800. The summed E-state index contributed by atoms with van der Waals surface area (Å²) in [5, 5.41) is 3.44. The monoisotopic (exact) mass is 258 g/mol. The molecule has 4 heteroatoms. The van der Waals surface area contributed by atoms with Crippen LogP contribution in [0, 0.1) is 0 Å². The molecule has 0 unspecified atom stereocenters. The highest BCUT2D eigenvalue weighted by atomic mass is 16.2. The summed E-state index contributed by atoms with van der Waals surface area (Å²) >= 11 is 0. The smallest absolute Gasteiger partial charge is 0.233 e. The Kier molecular flexibility index (Phi) is 3.34. The highest BCUT2D eigenvalue weighted by Crippen LogP contribution is 2.24. The quantitative estimate of drug-likeness (QED) is 0.840. The number of carbonyl (C=O) groups is 2. The molecular formula is C15H18N2O2. The van der Waals surface area contributed by atoms with Gasteiger partial charge in [-0.1, -0.05) is 12.1 Å². The molecule has 0 aromatic heterocycles. The second kappa shape index (κ2) is 5.13. The van der Waals surface area contributed by atoms with Crippen LogP contribution >= 0.6 is 0 Å². The van der Waals surface area contributed by atoms with Gasteiger partial charge < -0.3 is 5.32 Å². The molecule has 1 saturated heterocycles. The van der Waals surface area contributed by atoms with Gasteiger partial charge in [0.15, 0.2) is 0 Å². The Morgan fingerprint density at radius 2 is 1.89 bits per heavy atom. The molecule has 19 heavy (non-hydrogen) atoms. The summed E-state index contributed by atoms with van der Waals surface area (Å²) in [6.45, 7) is 0.800. The molecule has 1 aromatic carbocycles. The lowest BCUT2D eigenvalue weighted by Crippen LogP contribution is -2.40. The first-order chi connectivity index (χ1) is 9.24. The van der Waals surface area contributed by atoms with Gasteiger partial charge in [0.25, 0.3) is 0 Å². The molecule has 1 heterocycles. The van der Waals surface area contributed by atoms with Crippen molar-refractivity contribution in [1.29, 1.82) is 0 Å². The van der Waals surface area contributed by atoms with E-state index in [-0.39, 0.29) is 11.8 Å². The third-order valence-electron chi connectivity index (χ3n) is 3.62. The lowest BCUT2D eigenvalue weighted by Gasteiger charge is -2.25. The van der Waals surface area contributed by atoms with Gasteiger partial charge >= 0.3 is 0 Å². The number of anilines is 1. The Balaban J connectivity index is 1.76. The third-order valence-corrected chi connectivity index (χ3v) is 3.62. The van der Waals surface area contributed by atoms with Crippen molar-refractivity contribution in [3.8, 4) is 0 Å². The van der Waals surface area contributed by atoms with E-state index < -0.39 is 0 Å². The zero-order chi connectivity index (χ0) is 13.2. The van der Waals surface area contributed by atoms with Gasteiger partial charge in [0, 0.05) is 25.4 Å². The lowest BCUT2D eigenvalue weighted by atomic mass is 10.1. The van der Waals surface area contributed by atoms with Crippen molar-refractivity contribution < 1.29 is 9.59 Å². The van der Waals surface area contributed by atoms with Crippen LogP contribution in [-0.2, 0) is 16.1 Å². The number of hydrogen-bond acceptors (Lipinski definition) is 3. The average molecular weight is 258 g/mol. The number of amides is 2. The Morgan fingerprint density at radius 1 is 1.16 bits per heavy atom. The first-order valence-electron chi connectivity index (χ1n) is 6.92. The Bertz CT molecular complexity index is 493. The molecule has 1 aliphatic heterocycles. The summed E-state index contributed by atoms with van der Waals surface area (Å²) in [7, 11) is 0. The summed E-state index contributed by atoms with van der Waals surface area (Å²) in [5.74, 6) is -0.160. The fourth-order valence-electron chi connectivity index (χ4n) is 2.40. The number of piperidine rings is 1. The average Bonchev–Trinajstić information content (AvgIpc) is 3.21. The van der Waals surface area contributed by atoms with Crippen molar-refractivity contribution in [2.24, 2.45) is 0 Å². The summed E-state index contributed by atoms with van der Waals surface area (Å²) in [6, 6.07) is 8.37. The van der Waals surface area contributed by atoms with E-state index in [4.69, 9.17) is 0 Å². The largest absolute Gasteiger partial charge is 0.310 e. The van der Waals surface area contributed by atoms with E-state index in [1.54, 1.807) is 0 Å². The first kappa shape index (κ1) is 12.4. The number of carbonyl (C=O) groups excluding carboxylic acids is 2. The van der Waals surface area contributed by atoms with Gasteiger partial charge in [-0.3, -0.25) is 14.5 Å². The van der Waals surface area contributed by atoms with Gasteiger partial charge in [-0.25, -0.2) is 0 Å². The molecule has 1 aliphatic carbocycles. The molecule has 4 nitrogen and oxygen atoms in total.